The molecule has 0 amide bonds. The summed E-state index contributed by atoms with van der Waals surface area (Å²) in [5.41, 5.74) is -0.348. The van der Waals surface area contributed by atoms with E-state index in [0.29, 0.717) is 12.8 Å². The zero-order chi connectivity index (χ0) is 14.6. The highest BCUT2D eigenvalue weighted by Gasteiger charge is 2.40. The molecule has 0 aromatic carbocycles. The summed E-state index contributed by atoms with van der Waals surface area (Å²) >= 11 is 0. The molecule has 0 heterocycles. The van der Waals surface area contributed by atoms with E-state index in [0.717, 1.165) is 32.1 Å². The van der Waals surface area contributed by atoms with Crippen LogP contribution in [-0.4, -0.2) is 22.6 Å². The molecule has 0 aromatic heterocycles. The number of hydrogen-bond donors (Lipinski definition) is 1. The first-order valence-corrected chi connectivity index (χ1v) is 7.68. The van der Waals surface area contributed by atoms with E-state index in [2.05, 4.69) is 0 Å². The van der Waals surface area contributed by atoms with Crippen LogP contribution in [0.1, 0.15) is 58.3 Å². The number of esters is 1. The Labute approximate surface area is 120 Å². The molecule has 0 spiro atoms. The Morgan fingerprint density at radius 3 is 2.30 bits per heavy atom. The molecule has 112 valence electrons. The number of carboxylic acid groups (broad SMARTS) is 1. The molecule has 2 unspecified atom stereocenters. The van der Waals surface area contributed by atoms with Gasteiger partial charge < -0.3 is 9.84 Å². The van der Waals surface area contributed by atoms with Crippen LogP contribution in [0.2, 0.25) is 0 Å². The van der Waals surface area contributed by atoms with Crippen LogP contribution in [0, 0.1) is 11.8 Å². The molecular formula is C16H24O4. The number of carbonyl (C=O) groups excluding carboxylic acids is 1. The normalized spacial score (nSPS) is 28.9. The summed E-state index contributed by atoms with van der Waals surface area (Å²) in [7, 11) is 0. The van der Waals surface area contributed by atoms with Gasteiger partial charge in [-0.05, 0) is 44.9 Å². The summed E-state index contributed by atoms with van der Waals surface area (Å²) in [6.07, 6.45) is 10.7. The van der Waals surface area contributed by atoms with Crippen LogP contribution in [0.25, 0.3) is 0 Å². The van der Waals surface area contributed by atoms with Gasteiger partial charge in [-0.1, -0.05) is 25.5 Å². The van der Waals surface area contributed by atoms with Crippen molar-refractivity contribution >= 4 is 11.9 Å². The van der Waals surface area contributed by atoms with Gasteiger partial charge in [0.15, 0.2) is 0 Å². The number of aliphatic carboxylic acids is 1. The minimum atomic E-state index is -0.898. The van der Waals surface area contributed by atoms with Gasteiger partial charge in [-0.3, -0.25) is 9.59 Å². The molecule has 20 heavy (non-hydrogen) atoms. The summed E-state index contributed by atoms with van der Waals surface area (Å²) in [5, 5.41) is 9.24. The number of allylic oxidation sites excluding steroid dienone is 2. The van der Waals surface area contributed by atoms with Crippen molar-refractivity contribution in [2.75, 3.05) is 0 Å². The fourth-order valence-corrected chi connectivity index (χ4v) is 3.36. The van der Waals surface area contributed by atoms with Gasteiger partial charge in [0, 0.05) is 0 Å². The number of rotatable bonds is 4. The summed E-state index contributed by atoms with van der Waals surface area (Å²) in [4.78, 5) is 23.7. The van der Waals surface area contributed by atoms with Crippen molar-refractivity contribution in [3.05, 3.63) is 12.2 Å². The van der Waals surface area contributed by atoms with E-state index in [-0.39, 0.29) is 11.6 Å². The molecule has 4 nitrogen and oxygen atoms in total. The van der Waals surface area contributed by atoms with E-state index in [4.69, 9.17) is 4.74 Å². The predicted molar refractivity (Wildman–Crippen MR) is 75.2 cm³/mol. The van der Waals surface area contributed by atoms with Crippen molar-refractivity contribution < 1.29 is 19.4 Å². The van der Waals surface area contributed by atoms with E-state index in [1.807, 2.05) is 19.1 Å². The van der Waals surface area contributed by atoms with Crippen molar-refractivity contribution in [1.29, 1.82) is 0 Å². The van der Waals surface area contributed by atoms with E-state index in [9.17, 15) is 14.7 Å². The lowest BCUT2D eigenvalue weighted by Crippen LogP contribution is -2.41. The molecule has 0 radical (unpaired) electrons. The molecule has 0 bridgehead atoms. The van der Waals surface area contributed by atoms with Crippen molar-refractivity contribution in [2.24, 2.45) is 11.8 Å². The highest BCUT2D eigenvalue weighted by Crippen LogP contribution is 2.37. The average molecular weight is 280 g/mol. The van der Waals surface area contributed by atoms with Gasteiger partial charge >= 0.3 is 11.9 Å². The quantitative estimate of drug-likeness (QED) is 0.634. The second kappa shape index (κ2) is 6.42. The van der Waals surface area contributed by atoms with Gasteiger partial charge in [-0.15, -0.1) is 0 Å². The molecule has 1 N–H and O–H groups in total. The van der Waals surface area contributed by atoms with Gasteiger partial charge in [-0.2, -0.15) is 0 Å². The monoisotopic (exact) mass is 280 g/mol. The third-order valence-corrected chi connectivity index (χ3v) is 4.78. The third-order valence-electron chi connectivity index (χ3n) is 4.78. The van der Waals surface area contributed by atoms with Crippen LogP contribution in [0.3, 0.4) is 0 Å². The summed E-state index contributed by atoms with van der Waals surface area (Å²) in [5.74, 6) is -2.37. The van der Waals surface area contributed by atoms with E-state index >= 15 is 0 Å². The van der Waals surface area contributed by atoms with Crippen LogP contribution >= 0.6 is 0 Å². The first kappa shape index (κ1) is 15.1. The molecule has 0 aromatic rings. The number of carbonyl (C=O) groups is 2. The van der Waals surface area contributed by atoms with Crippen LogP contribution < -0.4 is 0 Å². The molecule has 2 rings (SSSR count). The first-order chi connectivity index (χ1) is 9.58. The number of carboxylic acids is 1. The van der Waals surface area contributed by atoms with Crippen LogP contribution in [0.5, 0.6) is 0 Å². The fourth-order valence-electron chi connectivity index (χ4n) is 3.36. The maximum atomic E-state index is 12.4. The maximum Gasteiger partial charge on any atom is 0.310 e. The molecule has 1 fully saturated rings. The molecule has 0 aliphatic heterocycles. The average Bonchev–Trinajstić information content (AvgIpc) is 2.48. The van der Waals surface area contributed by atoms with Gasteiger partial charge in [0.1, 0.15) is 5.60 Å². The largest absolute Gasteiger partial charge is 0.481 e. The van der Waals surface area contributed by atoms with Crippen molar-refractivity contribution in [1.82, 2.24) is 0 Å². The summed E-state index contributed by atoms with van der Waals surface area (Å²) in [6.45, 7) is 2.05. The first-order valence-electron chi connectivity index (χ1n) is 7.68. The van der Waals surface area contributed by atoms with Gasteiger partial charge in [0.05, 0.1) is 11.8 Å². The highest BCUT2D eigenvalue weighted by molar-refractivity contribution is 5.82. The minimum absolute atomic E-state index is 0.314. The summed E-state index contributed by atoms with van der Waals surface area (Å²) in [6, 6.07) is 0. The molecular weight excluding hydrogens is 256 g/mol. The van der Waals surface area contributed by atoms with Crippen LogP contribution in [-0.2, 0) is 14.3 Å². The van der Waals surface area contributed by atoms with E-state index < -0.39 is 17.8 Å². The second-order valence-corrected chi connectivity index (χ2v) is 6.01. The maximum absolute atomic E-state index is 12.4. The molecule has 4 heteroatoms. The smallest absolute Gasteiger partial charge is 0.310 e. The lowest BCUT2D eigenvalue weighted by atomic mass is 9.81. The molecule has 2 aliphatic carbocycles. The predicted octanol–water partition coefficient (Wildman–Crippen LogP) is 3.31. The standard InChI is InChI=1S/C16H24O4/c1-2-16(10-6-3-7-11-16)20-15(19)13-9-5-4-8-12(13)14(17)18/h4-5,12-13H,2-3,6-11H2,1H3,(H,17,18). The SMILES string of the molecule is CCC1(OC(=O)C2CC=CCC2C(=O)O)CCCCC1. The van der Waals surface area contributed by atoms with Crippen LogP contribution in [0.15, 0.2) is 12.2 Å². The van der Waals surface area contributed by atoms with Gasteiger partial charge in [0.2, 0.25) is 0 Å². The highest BCUT2D eigenvalue weighted by atomic mass is 16.6. The second-order valence-electron chi connectivity index (χ2n) is 6.01. The van der Waals surface area contributed by atoms with E-state index in [1.54, 1.807) is 0 Å². The Hall–Kier alpha value is -1.32. The van der Waals surface area contributed by atoms with Crippen molar-refractivity contribution in [3.8, 4) is 0 Å². The molecule has 2 aliphatic rings. The zero-order valence-corrected chi connectivity index (χ0v) is 12.1. The zero-order valence-electron chi connectivity index (χ0n) is 12.1. The topological polar surface area (TPSA) is 63.6 Å². The Bertz CT molecular complexity index is 393. The Balaban J connectivity index is 2.05. The minimum Gasteiger partial charge on any atom is -0.481 e. The lowest BCUT2D eigenvalue weighted by molar-refractivity contribution is -0.174. The number of hydrogen-bond acceptors (Lipinski definition) is 3. The van der Waals surface area contributed by atoms with E-state index in [1.165, 1.54) is 6.42 Å². The Morgan fingerprint density at radius 1 is 1.15 bits per heavy atom. The molecule has 2 atom stereocenters. The molecule has 0 saturated heterocycles. The number of ether oxygens (including phenoxy) is 1. The fraction of sp³-hybridized carbons (Fsp3) is 0.750. The van der Waals surface area contributed by atoms with Crippen molar-refractivity contribution in [3.63, 3.8) is 0 Å². The van der Waals surface area contributed by atoms with Crippen molar-refractivity contribution in [2.45, 2.75) is 63.9 Å². The van der Waals surface area contributed by atoms with Gasteiger partial charge in [0.25, 0.3) is 0 Å². The lowest BCUT2D eigenvalue weighted by Gasteiger charge is -2.38. The summed E-state index contributed by atoms with van der Waals surface area (Å²) < 4.78 is 5.81. The van der Waals surface area contributed by atoms with Crippen LogP contribution in [0.4, 0.5) is 0 Å². The third kappa shape index (κ3) is 3.22. The Kier molecular flexibility index (Phi) is 4.84. The van der Waals surface area contributed by atoms with Gasteiger partial charge in [-0.25, -0.2) is 0 Å². The molecule has 1 saturated carbocycles. The Morgan fingerprint density at radius 2 is 1.75 bits per heavy atom.